The lowest BCUT2D eigenvalue weighted by molar-refractivity contribution is 0.166. The molecule has 1 aliphatic heterocycles. The quantitative estimate of drug-likeness (QED) is 0.544. The number of aliphatic hydroxyl groups excluding tert-OH is 2. The maximum atomic E-state index is 10.1. The number of aliphatic hydroxyl groups is 2. The minimum Gasteiger partial charge on any atom is -0.493 e. The molecule has 0 saturated carbocycles. The van der Waals surface area contributed by atoms with Crippen molar-refractivity contribution in [2.24, 2.45) is 4.99 Å². The maximum absolute atomic E-state index is 10.1. The number of thioether (sulfide) groups is 1. The first-order valence-electron chi connectivity index (χ1n) is 8.87. The molecule has 8 heteroatoms. The highest BCUT2D eigenvalue weighted by Crippen LogP contribution is 2.34. The van der Waals surface area contributed by atoms with Crippen LogP contribution in [0.3, 0.4) is 0 Å². The third-order valence-corrected chi connectivity index (χ3v) is 5.43. The SMILES string of the molecule is COc1cc2c(cc1OC)C(C(C#N)SCC(O)CNCC(C)O)=NCC2. The van der Waals surface area contributed by atoms with Crippen molar-refractivity contribution in [1.29, 1.82) is 5.26 Å². The second kappa shape index (κ2) is 10.5. The van der Waals surface area contributed by atoms with E-state index in [1.807, 2.05) is 12.1 Å². The number of rotatable bonds is 10. The molecule has 0 bridgehead atoms. The first-order valence-corrected chi connectivity index (χ1v) is 9.92. The summed E-state index contributed by atoms with van der Waals surface area (Å²) >= 11 is 1.37. The van der Waals surface area contributed by atoms with Gasteiger partial charge >= 0.3 is 0 Å². The number of methoxy groups -OCH3 is 2. The van der Waals surface area contributed by atoms with Gasteiger partial charge in [-0.1, -0.05) is 0 Å². The highest BCUT2D eigenvalue weighted by atomic mass is 32.2. The second-order valence-electron chi connectivity index (χ2n) is 6.38. The summed E-state index contributed by atoms with van der Waals surface area (Å²) in [5.41, 5.74) is 2.70. The number of benzene rings is 1. The van der Waals surface area contributed by atoms with Crippen LogP contribution in [0.4, 0.5) is 0 Å². The first-order chi connectivity index (χ1) is 13.0. The summed E-state index contributed by atoms with van der Waals surface area (Å²) in [6, 6.07) is 6.11. The van der Waals surface area contributed by atoms with Crippen LogP contribution in [0.25, 0.3) is 0 Å². The predicted octanol–water partition coefficient (Wildman–Crippen LogP) is 1.01. The van der Waals surface area contributed by atoms with Crippen LogP contribution in [0.2, 0.25) is 0 Å². The number of aliphatic imine (C=N–C) groups is 1. The average Bonchev–Trinajstić information content (AvgIpc) is 2.67. The molecule has 0 fully saturated rings. The van der Waals surface area contributed by atoms with E-state index in [1.54, 1.807) is 21.1 Å². The van der Waals surface area contributed by atoms with Crippen LogP contribution in [0.1, 0.15) is 18.1 Å². The highest BCUT2D eigenvalue weighted by molar-refractivity contribution is 8.00. The Hall–Kier alpha value is -1.79. The largest absolute Gasteiger partial charge is 0.493 e. The number of hydrogen-bond donors (Lipinski definition) is 3. The summed E-state index contributed by atoms with van der Waals surface area (Å²) in [5.74, 6) is 1.67. The van der Waals surface area contributed by atoms with Gasteiger partial charge in [0, 0.05) is 31.0 Å². The van der Waals surface area contributed by atoms with Crippen LogP contribution in [-0.2, 0) is 6.42 Å². The molecule has 3 unspecified atom stereocenters. The standard InChI is InChI=1S/C19H27N3O4S/c1-12(23)9-21-10-14(24)11-27-18(8-20)19-15-7-17(26-3)16(25-2)6-13(15)4-5-22-19/h6-7,12,14,18,21,23-24H,4-5,9-11H2,1-3H3. The Labute approximate surface area is 164 Å². The Morgan fingerprint density at radius 1 is 1.26 bits per heavy atom. The van der Waals surface area contributed by atoms with Crippen LogP contribution >= 0.6 is 11.8 Å². The van der Waals surface area contributed by atoms with Gasteiger partial charge in [-0.05, 0) is 31.0 Å². The lowest BCUT2D eigenvalue weighted by atomic mass is 9.95. The monoisotopic (exact) mass is 393 g/mol. The normalized spacial score (nSPS) is 16.5. The second-order valence-corrected chi connectivity index (χ2v) is 7.52. The molecular weight excluding hydrogens is 366 g/mol. The zero-order chi connectivity index (χ0) is 19.8. The van der Waals surface area contributed by atoms with E-state index in [0.29, 0.717) is 42.6 Å². The van der Waals surface area contributed by atoms with Gasteiger partial charge < -0.3 is 25.0 Å². The minimum atomic E-state index is -0.612. The van der Waals surface area contributed by atoms with Gasteiger partial charge in [-0.3, -0.25) is 4.99 Å². The predicted molar refractivity (Wildman–Crippen MR) is 107 cm³/mol. The topological polar surface area (TPSA) is 107 Å². The Kier molecular flexibility index (Phi) is 8.38. The first kappa shape index (κ1) is 21.5. The Morgan fingerprint density at radius 3 is 2.59 bits per heavy atom. The van der Waals surface area contributed by atoms with Crippen molar-refractivity contribution >= 4 is 17.5 Å². The zero-order valence-electron chi connectivity index (χ0n) is 15.9. The molecular formula is C19H27N3O4S. The Balaban J connectivity index is 2.08. The third kappa shape index (κ3) is 5.84. The summed E-state index contributed by atoms with van der Waals surface area (Å²) in [6.45, 7) is 3.09. The molecule has 0 radical (unpaired) electrons. The summed E-state index contributed by atoms with van der Waals surface area (Å²) < 4.78 is 10.8. The summed E-state index contributed by atoms with van der Waals surface area (Å²) in [5, 5.41) is 31.5. The van der Waals surface area contributed by atoms with E-state index in [-0.39, 0.29) is 0 Å². The molecule has 3 N–H and O–H groups in total. The highest BCUT2D eigenvalue weighted by Gasteiger charge is 2.26. The number of nitrogens with zero attached hydrogens (tertiary/aromatic N) is 2. The van der Waals surface area contributed by atoms with E-state index in [1.165, 1.54) is 11.8 Å². The Morgan fingerprint density at radius 2 is 1.96 bits per heavy atom. The molecule has 148 valence electrons. The molecule has 0 saturated heterocycles. The molecule has 1 aromatic rings. The fraction of sp³-hybridized carbons (Fsp3) is 0.579. The van der Waals surface area contributed by atoms with Gasteiger partial charge in [0.05, 0.1) is 38.2 Å². The molecule has 7 nitrogen and oxygen atoms in total. The van der Waals surface area contributed by atoms with Crippen LogP contribution in [0.15, 0.2) is 17.1 Å². The molecule has 0 aliphatic carbocycles. The molecule has 27 heavy (non-hydrogen) atoms. The van der Waals surface area contributed by atoms with Crippen molar-refractivity contribution in [3.63, 3.8) is 0 Å². The molecule has 1 heterocycles. The van der Waals surface area contributed by atoms with Gasteiger partial charge in [-0.2, -0.15) is 5.26 Å². The van der Waals surface area contributed by atoms with Crippen LogP contribution in [-0.4, -0.2) is 73.0 Å². The fourth-order valence-electron chi connectivity index (χ4n) is 2.87. The van der Waals surface area contributed by atoms with Crippen molar-refractivity contribution in [2.75, 3.05) is 39.6 Å². The lowest BCUT2D eigenvalue weighted by Gasteiger charge is -2.22. The van der Waals surface area contributed by atoms with E-state index < -0.39 is 17.5 Å². The molecule has 2 rings (SSSR count). The van der Waals surface area contributed by atoms with E-state index >= 15 is 0 Å². The zero-order valence-corrected chi connectivity index (χ0v) is 16.8. The number of nitriles is 1. The number of ether oxygens (including phenoxy) is 2. The number of hydrogen-bond acceptors (Lipinski definition) is 8. The van der Waals surface area contributed by atoms with Crippen molar-refractivity contribution in [2.45, 2.75) is 30.8 Å². The molecule has 1 aromatic carbocycles. The summed E-state index contributed by atoms with van der Waals surface area (Å²) in [6.07, 6.45) is -0.288. The van der Waals surface area contributed by atoms with Gasteiger partial charge in [0.2, 0.25) is 0 Å². The average molecular weight is 394 g/mol. The van der Waals surface area contributed by atoms with E-state index in [9.17, 15) is 15.5 Å². The van der Waals surface area contributed by atoms with E-state index in [2.05, 4.69) is 16.4 Å². The fourth-order valence-corrected chi connectivity index (χ4v) is 3.84. The molecule has 0 spiro atoms. The van der Waals surface area contributed by atoms with Crippen LogP contribution < -0.4 is 14.8 Å². The van der Waals surface area contributed by atoms with Crippen molar-refractivity contribution in [3.05, 3.63) is 23.3 Å². The van der Waals surface area contributed by atoms with Crippen molar-refractivity contribution in [1.82, 2.24) is 5.32 Å². The Bertz CT molecular complexity index is 703. The van der Waals surface area contributed by atoms with E-state index in [4.69, 9.17) is 9.47 Å². The van der Waals surface area contributed by atoms with Gasteiger partial charge in [-0.15, -0.1) is 11.8 Å². The minimum absolute atomic E-state index is 0.365. The smallest absolute Gasteiger partial charge is 0.161 e. The molecule has 0 amide bonds. The molecule has 1 aliphatic rings. The molecule has 0 aromatic heterocycles. The summed E-state index contributed by atoms with van der Waals surface area (Å²) in [7, 11) is 3.18. The van der Waals surface area contributed by atoms with Gasteiger partial charge in [0.15, 0.2) is 11.5 Å². The number of nitrogens with one attached hydrogen (secondary N) is 1. The summed E-state index contributed by atoms with van der Waals surface area (Å²) in [4.78, 5) is 4.58. The number of fused-ring (bicyclic) bond motifs is 1. The van der Waals surface area contributed by atoms with Gasteiger partial charge in [0.1, 0.15) is 5.25 Å². The van der Waals surface area contributed by atoms with Gasteiger partial charge in [0.25, 0.3) is 0 Å². The third-order valence-electron chi connectivity index (χ3n) is 4.19. The maximum Gasteiger partial charge on any atom is 0.161 e. The van der Waals surface area contributed by atoms with Crippen molar-refractivity contribution in [3.8, 4) is 17.6 Å². The molecule has 3 atom stereocenters. The van der Waals surface area contributed by atoms with Crippen molar-refractivity contribution < 1.29 is 19.7 Å². The van der Waals surface area contributed by atoms with Gasteiger partial charge in [-0.25, -0.2) is 0 Å². The van der Waals surface area contributed by atoms with Crippen LogP contribution in [0, 0.1) is 11.3 Å². The lowest BCUT2D eigenvalue weighted by Crippen LogP contribution is -2.34. The van der Waals surface area contributed by atoms with E-state index in [0.717, 1.165) is 17.5 Å². The van der Waals surface area contributed by atoms with Crippen LogP contribution in [0.5, 0.6) is 11.5 Å².